The number of ether oxygens (including phenoxy) is 2. The highest BCUT2D eigenvalue weighted by atomic mass is 16.6. The zero-order chi connectivity index (χ0) is 14.5. The Hall–Kier alpha value is -1.85. The number of rotatable bonds is 7. The van der Waals surface area contributed by atoms with Crippen molar-refractivity contribution in [1.29, 1.82) is 0 Å². The van der Waals surface area contributed by atoms with Crippen LogP contribution in [0.1, 0.15) is 25.7 Å². The van der Waals surface area contributed by atoms with Crippen LogP contribution in [0.5, 0.6) is 0 Å². The molecule has 2 aliphatic rings. The molecule has 1 saturated carbocycles. The molecule has 0 aromatic carbocycles. The maximum absolute atomic E-state index is 11.8. The molecule has 0 radical (unpaired) electrons. The molecular weight excluding hydrogens is 264 g/mol. The van der Waals surface area contributed by atoms with Crippen LogP contribution in [0.25, 0.3) is 0 Å². The lowest BCUT2D eigenvalue weighted by atomic mass is 9.94. The summed E-state index contributed by atoms with van der Waals surface area (Å²) < 4.78 is 9.86. The van der Waals surface area contributed by atoms with Gasteiger partial charge in [0.05, 0.1) is 18.8 Å². The van der Waals surface area contributed by atoms with Crippen LogP contribution in [0.3, 0.4) is 0 Å². The Labute approximate surface area is 116 Å². The Morgan fingerprint density at radius 1 is 1.05 bits per heavy atom. The van der Waals surface area contributed by atoms with E-state index in [1.54, 1.807) is 0 Å². The minimum Gasteiger partial charge on any atom is -0.481 e. The third kappa shape index (κ3) is 3.82. The Balaban J connectivity index is 1.57. The Morgan fingerprint density at radius 2 is 1.80 bits per heavy atom. The SMILES string of the molecule is O=C(O)CCC(=O)OCCOC(=O)C1C[C@H]2C=CC1C2. The molecule has 2 unspecified atom stereocenters. The van der Waals surface area contributed by atoms with Crippen LogP contribution in [0.15, 0.2) is 12.2 Å². The largest absolute Gasteiger partial charge is 0.481 e. The molecule has 2 bridgehead atoms. The van der Waals surface area contributed by atoms with Gasteiger partial charge in [0.2, 0.25) is 0 Å². The average molecular weight is 282 g/mol. The fraction of sp³-hybridized carbons (Fsp3) is 0.643. The molecule has 110 valence electrons. The van der Waals surface area contributed by atoms with Gasteiger partial charge in [-0.25, -0.2) is 0 Å². The van der Waals surface area contributed by atoms with Crippen LogP contribution in [-0.4, -0.2) is 36.2 Å². The summed E-state index contributed by atoms with van der Waals surface area (Å²) in [5.41, 5.74) is 0. The van der Waals surface area contributed by atoms with Gasteiger partial charge < -0.3 is 14.6 Å². The summed E-state index contributed by atoms with van der Waals surface area (Å²) >= 11 is 0. The summed E-state index contributed by atoms with van der Waals surface area (Å²) in [7, 11) is 0. The van der Waals surface area contributed by atoms with Gasteiger partial charge in [0.25, 0.3) is 0 Å². The predicted molar refractivity (Wildman–Crippen MR) is 67.6 cm³/mol. The van der Waals surface area contributed by atoms with E-state index in [0.29, 0.717) is 11.8 Å². The van der Waals surface area contributed by atoms with Crippen molar-refractivity contribution in [2.45, 2.75) is 25.7 Å². The average Bonchev–Trinajstić information content (AvgIpc) is 3.03. The molecule has 1 fully saturated rings. The van der Waals surface area contributed by atoms with E-state index < -0.39 is 11.9 Å². The van der Waals surface area contributed by atoms with Crippen LogP contribution < -0.4 is 0 Å². The smallest absolute Gasteiger partial charge is 0.309 e. The molecule has 2 rings (SSSR count). The molecule has 0 spiro atoms. The molecule has 0 saturated heterocycles. The highest BCUT2D eigenvalue weighted by Crippen LogP contribution is 2.43. The van der Waals surface area contributed by atoms with Crippen molar-refractivity contribution in [3.05, 3.63) is 12.2 Å². The molecule has 0 aliphatic heterocycles. The van der Waals surface area contributed by atoms with Crippen molar-refractivity contribution in [2.24, 2.45) is 17.8 Å². The standard InChI is InChI=1S/C14H18O6/c15-12(16)3-4-13(17)19-5-6-20-14(18)11-8-9-1-2-10(11)7-9/h1-2,9-11H,3-8H2,(H,15,16)/t9-,10?,11?/m0/s1. The van der Waals surface area contributed by atoms with Crippen LogP contribution >= 0.6 is 0 Å². The third-order valence-corrected chi connectivity index (χ3v) is 3.72. The molecule has 6 heteroatoms. The normalized spacial score (nSPS) is 26.5. The van der Waals surface area contributed by atoms with E-state index in [1.807, 2.05) is 0 Å². The minimum absolute atomic E-state index is 0.0231. The second-order valence-corrected chi connectivity index (χ2v) is 5.17. The topological polar surface area (TPSA) is 89.9 Å². The number of esters is 2. The van der Waals surface area contributed by atoms with Gasteiger partial charge in [-0.05, 0) is 24.7 Å². The van der Waals surface area contributed by atoms with E-state index in [4.69, 9.17) is 14.6 Å². The molecule has 6 nitrogen and oxygen atoms in total. The number of aliphatic carboxylic acids is 1. The number of carboxylic acids is 1. The summed E-state index contributed by atoms with van der Waals surface area (Å²) in [5, 5.41) is 8.40. The van der Waals surface area contributed by atoms with Crippen molar-refractivity contribution in [2.75, 3.05) is 13.2 Å². The fourth-order valence-electron chi connectivity index (χ4n) is 2.74. The number of hydrogen-bond donors (Lipinski definition) is 1. The van der Waals surface area contributed by atoms with E-state index in [-0.39, 0.29) is 37.9 Å². The van der Waals surface area contributed by atoms with Crippen LogP contribution in [0.4, 0.5) is 0 Å². The summed E-state index contributed by atoms with van der Waals surface area (Å²) in [6.45, 7) is -0.00388. The van der Waals surface area contributed by atoms with Crippen molar-refractivity contribution >= 4 is 17.9 Å². The van der Waals surface area contributed by atoms with E-state index in [1.165, 1.54) is 0 Å². The zero-order valence-corrected chi connectivity index (χ0v) is 11.1. The molecule has 1 N–H and O–H groups in total. The lowest BCUT2D eigenvalue weighted by Crippen LogP contribution is -2.23. The predicted octanol–water partition coefficient (Wildman–Crippen LogP) is 1.15. The Morgan fingerprint density at radius 3 is 2.40 bits per heavy atom. The monoisotopic (exact) mass is 282 g/mol. The van der Waals surface area contributed by atoms with Gasteiger partial charge in [-0.2, -0.15) is 0 Å². The minimum atomic E-state index is -1.04. The number of allylic oxidation sites excluding steroid dienone is 2. The second kappa shape index (κ2) is 6.54. The van der Waals surface area contributed by atoms with Gasteiger partial charge in [-0.15, -0.1) is 0 Å². The molecular formula is C14H18O6. The first-order valence-corrected chi connectivity index (χ1v) is 6.78. The number of carbonyl (C=O) groups is 3. The van der Waals surface area contributed by atoms with Crippen molar-refractivity contribution in [3.8, 4) is 0 Å². The van der Waals surface area contributed by atoms with Crippen LogP contribution in [-0.2, 0) is 23.9 Å². The number of fused-ring (bicyclic) bond motifs is 2. The second-order valence-electron chi connectivity index (χ2n) is 5.17. The van der Waals surface area contributed by atoms with Crippen molar-refractivity contribution < 1.29 is 29.0 Å². The Kier molecular flexibility index (Phi) is 4.76. The van der Waals surface area contributed by atoms with Crippen molar-refractivity contribution in [3.63, 3.8) is 0 Å². The molecule has 0 heterocycles. The Bertz CT molecular complexity index is 427. The summed E-state index contributed by atoms with van der Waals surface area (Å²) in [6.07, 6.45) is 5.68. The lowest BCUT2D eigenvalue weighted by Gasteiger charge is -2.16. The van der Waals surface area contributed by atoms with Gasteiger partial charge >= 0.3 is 17.9 Å². The van der Waals surface area contributed by atoms with Gasteiger partial charge in [0, 0.05) is 0 Å². The first-order valence-electron chi connectivity index (χ1n) is 6.78. The first-order chi connectivity index (χ1) is 9.56. The molecule has 2 aliphatic carbocycles. The third-order valence-electron chi connectivity index (χ3n) is 3.72. The molecule has 0 aromatic rings. The van der Waals surface area contributed by atoms with Gasteiger partial charge in [0.1, 0.15) is 13.2 Å². The number of carbonyl (C=O) groups excluding carboxylic acids is 2. The van der Waals surface area contributed by atoms with E-state index in [9.17, 15) is 14.4 Å². The van der Waals surface area contributed by atoms with E-state index >= 15 is 0 Å². The quantitative estimate of drug-likeness (QED) is 0.428. The first kappa shape index (κ1) is 14.6. The maximum atomic E-state index is 11.8. The van der Waals surface area contributed by atoms with Gasteiger partial charge in [0.15, 0.2) is 0 Å². The number of carboxylic acid groups (broad SMARTS) is 1. The van der Waals surface area contributed by atoms with Gasteiger partial charge in [-0.3, -0.25) is 14.4 Å². The van der Waals surface area contributed by atoms with E-state index in [0.717, 1.165) is 12.8 Å². The van der Waals surface area contributed by atoms with Crippen molar-refractivity contribution in [1.82, 2.24) is 0 Å². The van der Waals surface area contributed by atoms with Crippen LogP contribution in [0.2, 0.25) is 0 Å². The van der Waals surface area contributed by atoms with E-state index in [2.05, 4.69) is 12.2 Å². The lowest BCUT2D eigenvalue weighted by molar-refractivity contribution is -0.156. The maximum Gasteiger partial charge on any atom is 0.309 e. The molecule has 3 atom stereocenters. The van der Waals surface area contributed by atoms with Crippen LogP contribution in [0, 0.1) is 17.8 Å². The zero-order valence-electron chi connectivity index (χ0n) is 11.1. The fourth-order valence-corrected chi connectivity index (χ4v) is 2.74. The summed E-state index contributed by atoms with van der Waals surface area (Å²) in [4.78, 5) is 33.2. The summed E-state index contributed by atoms with van der Waals surface area (Å²) in [5.74, 6) is -1.13. The molecule has 0 amide bonds. The van der Waals surface area contributed by atoms with Gasteiger partial charge in [-0.1, -0.05) is 12.2 Å². The molecule has 0 aromatic heterocycles. The highest BCUT2D eigenvalue weighted by Gasteiger charge is 2.40. The number of hydrogen-bond acceptors (Lipinski definition) is 5. The highest BCUT2D eigenvalue weighted by molar-refractivity contribution is 5.76. The molecule has 20 heavy (non-hydrogen) atoms. The summed E-state index contributed by atoms with van der Waals surface area (Å²) in [6, 6.07) is 0.